The van der Waals surface area contributed by atoms with Crippen molar-refractivity contribution in [3.8, 4) is 11.5 Å². The Morgan fingerprint density at radius 2 is 2.05 bits per heavy atom. The van der Waals surface area contributed by atoms with Gasteiger partial charge in [-0.15, -0.1) is 0 Å². The summed E-state index contributed by atoms with van der Waals surface area (Å²) in [4.78, 5) is 2.65. The maximum Gasteiger partial charge on any atom is 0.164 e. The first-order chi connectivity index (χ1) is 10.7. The maximum absolute atomic E-state index is 5.97. The van der Waals surface area contributed by atoms with Gasteiger partial charge in [0.1, 0.15) is 0 Å². The van der Waals surface area contributed by atoms with Crippen LogP contribution in [0.25, 0.3) is 0 Å². The van der Waals surface area contributed by atoms with Crippen LogP contribution in [0, 0.1) is 0 Å². The second-order valence-corrected chi connectivity index (χ2v) is 6.11. The SMILES string of the molecule is CCC1CCCCN1CCCc1cc(N)cc(OC)c1OC. The normalized spacial score (nSPS) is 19.1. The lowest BCUT2D eigenvalue weighted by molar-refractivity contribution is 0.142. The summed E-state index contributed by atoms with van der Waals surface area (Å²) in [6.07, 6.45) is 7.43. The number of anilines is 1. The van der Waals surface area contributed by atoms with Gasteiger partial charge in [-0.05, 0) is 51.3 Å². The third-order valence-corrected chi connectivity index (χ3v) is 4.69. The third kappa shape index (κ3) is 4.07. The van der Waals surface area contributed by atoms with Crippen molar-refractivity contribution in [2.24, 2.45) is 0 Å². The largest absolute Gasteiger partial charge is 0.493 e. The molecule has 0 radical (unpaired) electrons. The lowest BCUT2D eigenvalue weighted by Gasteiger charge is -2.35. The minimum atomic E-state index is 0.724. The molecule has 0 spiro atoms. The van der Waals surface area contributed by atoms with E-state index in [4.69, 9.17) is 15.2 Å². The molecule has 0 saturated carbocycles. The van der Waals surface area contributed by atoms with Crippen molar-refractivity contribution < 1.29 is 9.47 Å². The van der Waals surface area contributed by atoms with Crippen LogP contribution in [0.3, 0.4) is 0 Å². The lowest BCUT2D eigenvalue weighted by atomic mass is 9.99. The van der Waals surface area contributed by atoms with Crippen LogP contribution in [0.4, 0.5) is 5.69 Å². The van der Waals surface area contributed by atoms with Gasteiger partial charge in [0.15, 0.2) is 11.5 Å². The Bertz CT molecular complexity index is 476. The number of ether oxygens (including phenoxy) is 2. The van der Waals surface area contributed by atoms with Crippen molar-refractivity contribution in [1.82, 2.24) is 4.90 Å². The molecule has 124 valence electrons. The molecule has 0 aliphatic carbocycles. The molecule has 4 nitrogen and oxygen atoms in total. The number of likely N-dealkylation sites (tertiary alicyclic amines) is 1. The van der Waals surface area contributed by atoms with Crippen LogP contribution in [0.15, 0.2) is 12.1 Å². The van der Waals surface area contributed by atoms with E-state index >= 15 is 0 Å². The average molecular weight is 306 g/mol. The number of nitrogens with zero attached hydrogens (tertiary/aromatic N) is 1. The minimum Gasteiger partial charge on any atom is -0.493 e. The van der Waals surface area contributed by atoms with E-state index in [0.717, 1.165) is 48.2 Å². The summed E-state index contributed by atoms with van der Waals surface area (Å²) in [7, 11) is 3.34. The van der Waals surface area contributed by atoms with Crippen molar-refractivity contribution in [2.75, 3.05) is 33.0 Å². The van der Waals surface area contributed by atoms with Gasteiger partial charge in [-0.3, -0.25) is 0 Å². The molecule has 0 amide bonds. The fraction of sp³-hybridized carbons (Fsp3) is 0.667. The first kappa shape index (κ1) is 16.9. The summed E-state index contributed by atoms with van der Waals surface area (Å²) in [5.41, 5.74) is 7.85. The molecule has 22 heavy (non-hydrogen) atoms. The Kier molecular flexibility index (Phi) is 6.37. The van der Waals surface area contributed by atoms with E-state index in [1.807, 2.05) is 12.1 Å². The molecule has 1 aromatic rings. The van der Waals surface area contributed by atoms with E-state index in [2.05, 4.69) is 11.8 Å². The van der Waals surface area contributed by atoms with Gasteiger partial charge in [-0.2, -0.15) is 0 Å². The highest BCUT2D eigenvalue weighted by molar-refractivity contribution is 5.57. The molecule has 1 fully saturated rings. The first-order valence-electron chi connectivity index (χ1n) is 8.44. The summed E-state index contributed by atoms with van der Waals surface area (Å²) < 4.78 is 10.9. The van der Waals surface area contributed by atoms with Gasteiger partial charge in [0.25, 0.3) is 0 Å². The highest BCUT2D eigenvalue weighted by atomic mass is 16.5. The van der Waals surface area contributed by atoms with Gasteiger partial charge in [0, 0.05) is 23.4 Å². The Morgan fingerprint density at radius 1 is 1.23 bits per heavy atom. The number of piperidine rings is 1. The standard InChI is InChI=1S/C18H30N2O2/c1-4-16-9-5-6-10-20(16)11-7-8-14-12-15(19)13-17(21-2)18(14)22-3/h12-13,16H,4-11,19H2,1-3H3. The van der Waals surface area contributed by atoms with E-state index in [1.165, 1.54) is 32.2 Å². The fourth-order valence-corrected chi connectivity index (χ4v) is 3.54. The minimum absolute atomic E-state index is 0.724. The quantitative estimate of drug-likeness (QED) is 0.783. The summed E-state index contributed by atoms with van der Waals surface area (Å²) in [6.45, 7) is 4.70. The number of benzene rings is 1. The molecular formula is C18H30N2O2. The molecule has 1 aromatic carbocycles. The smallest absolute Gasteiger partial charge is 0.164 e. The van der Waals surface area contributed by atoms with Crippen molar-refractivity contribution >= 4 is 5.69 Å². The van der Waals surface area contributed by atoms with Gasteiger partial charge in [-0.1, -0.05) is 13.3 Å². The van der Waals surface area contributed by atoms with Gasteiger partial charge in [0.05, 0.1) is 14.2 Å². The van der Waals surface area contributed by atoms with E-state index in [1.54, 1.807) is 14.2 Å². The highest BCUT2D eigenvalue weighted by Crippen LogP contribution is 2.34. The van der Waals surface area contributed by atoms with E-state index in [-0.39, 0.29) is 0 Å². The van der Waals surface area contributed by atoms with E-state index < -0.39 is 0 Å². The van der Waals surface area contributed by atoms with Crippen LogP contribution in [-0.4, -0.2) is 38.3 Å². The Labute approximate surface area is 134 Å². The zero-order valence-electron chi connectivity index (χ0n) is 14.2. The number of rotatable bonds is 7. The van der Waals surface area contributed by atoms with Crippen LogP contribution in [0.5, 0.6) is 11.5 Å². The number of nitrogen functional groups attached to an aromatic ring is 1. The zero-order chi connectivity index (χ0) is 15.9. The zero-order valence-corrected chi connectivity index (χ0v) is 14.2. The van der Waals surface area contributed by atoms with Gasteiger partial charge >= 0.3 is 0 Å². The molecular weight excluding hydrogens is 276 g/mol. The van der Waals surface area contributed by atoms with Crippen LogP contribution in [-0.2, 0) is 6.42 Å². The summed E-state index contributed by atoms with van der Waals surface area (Å²) >= 11 is 0. The first-order valence-corrected chi connectivity index (χ1v) is 8.44. The van der Waals surface area contributed by atoms with Crippen molar-refractivity contribution in [1.29, 1.82) is 0 Å². The number of hydrogen-bond acceptors (Lipinski definition) is 4. The molecule has 1 aliphatic heterocycles. The molecule has 0 bridgehead atoms. The summed E-state index contributed by atoms with van der Waals surface area (Å²) in [5.74, 6) is 1.55. The Morgan fingerprint density at radius 3 is 2.73 bits per heavy atom. The molecule has 1 atom stereocenters. The molecule has 0 aromatic heterocycles. The van der Waals surface area contributed by atoms with Crippen molar-refractivity contribution in [3.05, 3.63) is 17.7 Å². The topological polar surface area (TPSA) is 47.7 Å². The van der Waals surface area contributed by atoms with Gasteiger partial charge < -0.3 is 20.1 Å². The Hall–Kier alpha value is -1.42. The molecule has 1 heterocycles. The maximum atomic E-state index is 5.97. The molecule has 2 N–H and O–H groups in total. The molecule has 1 saturated heterocycles. The predicted octanol–water partition coefficient (Wildman–Crippen LogP) is 3.48. The number of methoxy groups -OCH3 is 2. The molecule has 2 rings (SSSR count). The highest BCUT2D eigenvalue weighted by Gasteiger charge is 2.20. The number of hydrogen-bond donors (Lipinski definition) is 1. The Balaban J connectivity index is 1.97. The monoisotopic (exact) mass is 306 g/mol. The van der Waals surface area contributed by atoms with Gasteiger partial charge in [-0.25, -0.2) is 0 Å². The molecule has 1 unspecified atom stereocenters. The van der Waals surface area contributed by atoms with Crippen LogP contribution in [0.1, 0.15) is 44.6 Å². The summed E-state index contributed by atoms with van der Waals surface area (Å²) in [6, 6.07) is 4.60. The van der Waals surface area contributed by atoms with Crippen LogP contribution < -0.4 is 15.2 Å². The third-order valence-electron chi connectivity index (χ3n) is 4.69. The lowest BCUT2D eigenvalue weighted by Crippen LogP contribution is -2.39. The number of aryl methyl sites for hydroxylation is 1. The average Bonchev–Trinajstić information content (AvgIpc) is 2.54. The predicted molar refractivity (Wildman–Crippen MR) is 91.8 cm³/mol. The number of nitrogens with two attached hydrogens (primary N) is 1. The van der Waals surface area contributed by atoms with E-state index in [0.29, 0.717) is 0 Å². The van der Waals surface area contributed by atoms with Crippen molar-refractivity contribution in [2.45, 2.75) is 51.5 Å². The van der Waals surface area contributed by atoms with Gasteiger partial charge in [0.2, 0.25) is 0 Å². The second-order valence-electron chi connectivity index (χ2n) is 6.11. The molecule has 1 aliphatic rings. The summed E-state index contributed by atoms with van der Waals surface area (Å²) in [5, 5.41) is 0. The van der Waals surface area contributed by atoms with Crippen LogP contribution >= 0.6 is 0 Å². The molecule has 4 heteroatoms. The second kappa shape index (κ2) is 8.28. The van der Waals surface area contributed by atoms with E-state index in [9.17, 15) is 0 Å². The fourth-order valence-electron chi connectivity index (χ4n) is 3.54. The van der Waals surface area contributed by atoms with Crippen LogP contribution in [0.2, 0.25) is 0 Å². The van der Waals surface area contributed by atoms with Crippen molar-refractivity contribution in [3.63, 3.8) is 0 Å².